The summed E-state index contributed by atoms with van der Waals surface area (Å²) >= 11 is 5.87. The standard InChI is InChI=1S/C20H16ClFN2O4/c21-15-5-1-13(2-6-15)11-17(14-3-7-16(22)8-4-14)19(26)28-12-18(25)24-10-9-23-20(24)27/h1-8,11H,9-10,12H2,(H,23,27)/b17-11+. The average molecular weight is 403 g/mol. The fourth-order valence-electron chi connectivity index (χ4n) is 2.61. The minimum absolute atomic E-state index is 0.140. The first kappa shape index (κ1) is 19.6. The fraction of sp³-hybridized carbons (Fsp3) is 0.150. The summed E-state index contributed by atoms with van der Waals surface area (Å²) in [6.07, 6.45) is 1.55. The van der Waals surface area contributed by atoms with Gasteiger partial charge in [-0.1, -0.05) is 35.9 Å². The lowest BCUT2D eigenvalue weighted by Gasteiger charge is -2.13. The highest BCUT2D eigenvalue weighted by Crippen LogP contribution is 2.21. The normalized spacial score (nSPS) is 14.0. The first-order chi connectivity index (χ1) is 13.4. The fourth-order valence-corrected chi connectivity index (χ4v) is 2.73. The number of amides is 3. The Kier molecular flexibility index (Phi) is 6.06. The van der Waals surface area contributed by atoms with Gasteiger partial charge in [0.25, 0.3) is 5.91 Å². The van der Waals surface area contributed by atoms with Gasteiger partial charge in [-0.25, -0.2) is 14.0 Å². The third kappa shape index (κ3) is 4.75. The molecule has 6 nitrogen and oxygen atoms in total. The van der Waals surface area contributed by atoms with Crippen LogP contribution >= 0.6 is 11.6 Å². The predicted molar refractivity (Wildman–Crippen MR) is 102 cm³/mol. The number of ether oxygens (including phenoxy) is 1. The van der Waals surface area contributed by atoms with Crippen molar-refractivity contribution in [3.05, 3.63) is 70.5 Å². The van der Waals surface area contributed by atoms with Crippen LogP contribution in [0.5, 0.6) is 0 Å². The molecule has 0 aliphatic carbocycles. The molecule has 0 atom stereocenters. The summed E-state index contributed by atoms with van der Waals surface area (Å²) < 4.78 is 18.4. The minimum atomic E-state index is -0.769. The van der Waals surface area contributed by atoms with E-state index in [9.17, 15) is 18.8 Å². The maximum Gasteiger partial charge on any atom is 0.339 e. The lowest BCUT2D eigenvalue weighted by molar-refractivity contribution is -0.145. The molecular weight excluding hydrogens is 387 g/mol. The topological polar surface area (TPSA) is 75.7 Å². The summed E-state index contributed by atoms with van der Waals surface area (Å²) in [6, 6.07) is 11.5. The zero-order chi connectivity index (χ0) is 20.1. The molecule has 1 aliphatic heterocycles. The molecule has 1 aliphatic rings. The van der Waals surface area contributed by atoms with E-state index in [0.29, 0.717) is 22.7 Å². The van der Waals surface area contributed by atoms with Crippen LogP contribution in [0.25, 0.3) is 11.6 Å². The van der Waals surface area contributed by atoms with Crippen molar-refractivity contribution in [1.29, 1.82) is 0 Å². The van der Waals surface area contributed by atoms with Gasteiger partial charge in [-0.15, -0.1) is 0 Å². The Balaban J connectivity index is 1.80. The highest BCUT2D eigenvalue weighted by atomic mass is 35.5. The SMILES string of the molecule is O=C(OCC(=O)N1CCNC1=O)/C(=C/c1ccc(Cl)cc1)c1ccc(F)cc1. The van der Waals surface area contributed by atoms with Gasteiger partial charge in [0.2, 0.25) is 0 Å². The Labute approximate surface area is 165 Å². The highest BCUT2D eigenvalue weighted by molar-refractivity contribution is 6.30. The summed E-state index contributed by atoms with van der Waals surface area (Å²) in [6.45, 7) is 0.00186. The maximum atomic E-state index is 13.2. The number of benzene rings is 2. The average Bonchev–Trinajstić information content (AvgIpc) is 3.12. The summed E-state index contributed by atoms with van der Waals surface area (Å²) in [4.78, 5) is 37.2. The van der Waals surface area contributed by atoms with Crippen LogP contribution in [0.1, 0.15) is 11.1 Å². The smallest absolute Gasteiger partial charge is 0.339 e. The lowest BCUT2D eigenvalue weighted by Crippen LogP contribution is -2.37. The molecule has 1 fully saturated rings. The molecule has 2 aromatic carbocycles. The van der Waals surface area contributed by atoms with E-state index in [1.165, 1.54) is 24.3 Å². The maximum absolute atomic E-state index is 13.2. The van der Waals surface area contributed by atoms with Gasteiger partial charge in [-0.05, 0) is 41.5 Å². The van der Waals surface area contributed by atoms with Crippen LogP contribution in [0.3, 0.4) is 0 Å². The van der Waals surface area contributed by atoms with Gasteiger partial charge in [0, 0.05) is 18.1 Å². The second-order valence-electron chi connectivity index (χ2n) is 5.97. The van der Waals surface area contributed by atoms with Crippen LogP contribution < -0.4 is 5.32 Å². The Morgan fingerprint density at radius 1 is 1.14 bits per heavy atom. The van der Waals surface area contributed by atoms with Crippen molar-refractivity contribution in [2.24, 2.45) is 0 Å². The molecule has 2 aromatic rings. The van der Waals surface area contributed by atoms with E-state index in [-0.39, 0.29) is 12.1 Å². The number of halogens is 2. The molecule has 0 saturated carbocycles. The number of nitrogens with one attached hydrogen (secondary N) is 1. The second-order valence-corrected chi connectivity index (χ2v) is 6.41. The molecule has 3 rings (SSSR count). The van der Waals surface area contributed by atoms with Crippen LogP contribution in [0.4, 0.5) is 9.18 Å². The molecule has 144 valence electrons. The van der Waals surface area contributed by atoms with E-state index < -0.39 is 30.3 Å². The van der Waals surface area contributed by atoms with Crippen molar-refractivity contribution in [3.63, 3.8) is 0 Å². The van der Waals surface area contributed by atoms with Crippen LogP contribution in [-0.2, 0) is 14.3 Å². The number of hydrogen-bond donors (Lipinski definition) is 1. The molecule has 0 aromatic heterocycles. The van der Waals surface area contributed by atoms with Crippen LogP contribution in [0.15, 0.2) is 48.5 Å². The molecular formula is C20H16ClFN2O4. The monoisotopic (exact) mass is 402 g/mol. The first-order valence-corrected chi connectivity index (χ1v) is 8.80. The van der Waals surface area contributed by atoms with E-state index >= 15 is 0 Å². The van der Waals surface area contributed by atoms with Crippen LogP contribution in [0, 0.1) is 5.82 Å². The molecule has 8 heteroatoms. The number of esters is 1. The van der Waals surface area contributed by atoms with Crippen LogP contribution in [-0.4, -0.2) is 42.5 Å². The van der Waals surface area contributed by atoms with Crippen molar-refractivity contribution in [3.8, 4) is 0 Å². The molecule has 3 amide bonds. The molecule has 0 spiro atoms. The second kappa shape index (κ2) is 8.67. The number of carbonyl (C=O) groups excluding carboxylic acids is 3. The third-order valence-electron chi connectivity index (χ3n) is 4.04. The number of carbonyl (C=O) groups is 3. The first-order valence-electron chi connectivity index (χ1n) is 8.42. The quantitative estimate of drug-likeness (QED) is 0.473. The molecule has 1 N–H and O–H groups in total. The molecule has 1 saturated heterocycles. The highest BCUT2D eigenvalue weighted by Gasteiger charge is 2.27. The van der Waals surface area contributed by atoms with E-state index in [4.69, 9.17) is 16.3 Å². The van der Waals surface area contributed by atoms with Crippen molar-refractivity contribution in [2.45, 2.75) is 0 Å². The summed E-state index contributed by atoms with van der Waals surface area (Å²) in [5, 5.41) is 3.04. The number of rotatable bonds is 5. The van der Waals surface area contributed by atoms with Gasteiger partial charge in [-0.3, -0.25) is 9.69 Å². The van der Waals surface area contributed by atoms with Crippen molar-refractivity contribution >= 4 is 41.2 Å². The minimum Gasteiger partial charge on any atom is -0.452 e. The van der Waals surface area contributed by atoms with Gasteiger partial charge in [0.15, 0.2) is 6.61 Å². The summed E-state index contributed by atoms with van der Waals surface area (Å²) in [5.74, 6) is -1.83. The Morgan fingerprint density at radius 3 is 2.43 bits per heavy atom. The van der Waals surface area contributed by atoms with E-state index in [2.05, 4.69) is 5.32 Å². The predicted octanol–water partition coefficient (Wildman–Crippen LogP) is 3.11. The van der Waals surface area contributed by atoms with E-state index in [1.54, 1.807) is 30.3 Å². The molecule has 1 heterocycles. The van der Waals surface area contributed by atoms with Gasteiger partial charge in [0.05, 0.1) is 5.57 Å². The van der Waals surface area contributed by atoms with E-state index in [0.717, 1.165) is 4.90 Å². The van der Waals surface area contributed by atoms with Gasteiger partial charge in [0.1, 0.15) is 5.82 Å². The third-order valence-corrected chi connectivity index (χ3v) is 4.29. The van der Waals surface area contributed by atoms with Gasteiger partial charge < -0.3 is 10.1 Å². The Morgan fingerprint density at radius 2 is 1.82 bits per heavy atom. The Bertz CT molecular complexity index is 926. The van der Waals surface area contributed by atoms with Crippen molar-refractivity contribution in [2.75, 3.05) is 19.7 Å². The summed E-state index contributed by atoms with van der Waals surface area (Å²) in [7, 11) is 0. The molecule has 0 bridgehead atoms. The molecule has 28 heavy (non-hydrogen) atoms. The van der Waals surface area contributed by atoms with Crippen molar-refractivity contribution < 1.29 is 23.5 Å². The van der Waals surface area contributed by atoms with Crippen molar-refractivity contribution in [1.82, 2.24) is 10.2 Å². The molecule has 0 radical (unpaired) electrons. The number of urea groups is 1. The lowest BCUT2D eigenvalue weighted by atomic mass is 10.0. The van der Waals surface area contributed by atoms with Gasteiger partial charge in [-0.2, -0.15) is 0 Å². The molecule has 0 unspecified atom stereocenters. The zero-order valence-corrected chi connectivity index (χ0v) is 15.4. The number of hydrogen-bond acceptors (Lipinski definition) is 4. The summed E-state index contributed by atoms with van der Waals surface area (Å²) in [5.41, 5.74) is 1.24. The number of imide groups is 1. The van der Waals surface area contributed by atoms with Crippen LogP contribution in [0.2, 0.25) is 5.02 Å². The van der Waals surface area contributed by atoms with E-state index in [1.807, 2.05) is 0 Å². The number of nitrogens with zero attached hydrogens (tertiary/aromatic N) is 1. The largest absolute Gasteiger partial charge is 0.452 e. The van der Waals surface area contributed by atoms with Gasteiger partial charge >= 0.3 is 12.0 Å². The Hall–Kier alpha value is -3.19. The zero-order valence-electron chi connectivity index (χ0n) is 14.7.